The molecule has 2 N–H and O–H groups in total. The van der Waals surface area contributed by atoms with E-state index in [1.54, 1.807) is 0 Å². The van der Waals surface area contributed by atoms with Gasteiger partial charge in [-0.2, -0.15) is 0 Å². The molecule has 1 spiro atoms. The minimum absolute atomic E-state index is 0.0984. The maximum atomic E-state index is 11.9. The molecule has 1 aliphatic heterocycles. The molecule has 88 valence electrons. The number of rotatable bonds is 2. The highest BCUT2D eigenvalue weighted by atomic mass is 16.4. The molecule has 2 aliphatic rings. The van der Waals surface area contributed by atoms with Crippen molar-refractivity contribution in [3.8, 4) is 0 Å². The van der Waals surface area contributed by atoms with E-state index in [2.05, 4.69) is 5.32 Å². The summed E-state index contributed by atoms with van der Waals surface area (Å²) in [4.78, 5) is 23.3. The number of carboxylic acid groups (broad SMARTS) is 1. The standard InChI is InChI=1S/C13H13NO3/c15-11(16)9-10(8-4-2-1-3-5-8)14-12(17)13(9)6-7-13/h1-5,9-10H,6-7H2,(H,14,17)(H,15,16)/t9-,10+/m1/s1. The van der Waals surface area contributed by atoms with Crippen LogP contribution >= 0.6 is 0 Å². The molecule has 4 nitrogen and oxygen atoms in total. The predicted octanol–water partition coefficient (Wildman–Crippen LogP) is 1.34. The van der Waals surface area contributed by atoms with Gasteiger partial charge in [-0.3, -0.25) is 9.59 Å². The van der Waals surface area contributed by atoms with Gasteiger partial charge in [-0.05, 0) is 18.4 Å². The number of amides is 1. The summed E-state index contributed by atoms with van der Waals surface area (Å²) in [5, 5.41) is 12.2. The fourth-order valence-corrected chi connectivity index (χ4v) is 2.82. The third-order valence-corrected chi connectivity index (χ3v) is 3.88. The largest absolute Gasteiger partial charge is 0.481 e. The lowest BCUT2D eigenvalue weighted by Gasteiger charge is -2.18. The third-order valence-electron chi connectivity index (χ3n) is 3.88. The summed E-state index contributed by atoms with van der Waals surface area (Å²) in [5.74, 6) is -1.61. The van der Waals surface area contributed by atoms with Gasteiger partial charge in [0, 0.05) is 0 Å². The Morgan fingerprint density at radius 3 is 2.47 bits per heavy atom. The van der Waals surface area contributed by atoms with Crippen LogP contribution in [-0.4, -0.2) is 17.0 Å². The van der Waals surface area contributed by atoms with E-state index in [-0.39, 0.29) is 11.9 Å². The topological polar surface area (TPSA) is 66.4 Å². The SMILES string of the molecule is O=C(O)[C@H]1[C@H](c2ccccc2)NC(=O)C12CC2. The van der Waals surface area contributed by atoms with Crippen molar-refractivity contribution in [2.75, 3.05) is 0 Å². The molecule has 1 aromatic carbocycles. The Bertz CT molecular complexity index is 479. The molecule has 0 bridgehead atoms. The Morgan fingerprint density at radius 1 is 1.29 bits per heavy atom. The fraction of sp³-hybridized carbons (Fsp3) is 0.385. The quantitative estimate of drug-likeness (QED) is 0.807. The fourth-order valence-electron chi connectivity index (χ4n) is 2.82. The van der Waals surface area contributed by atoms with E-state index in [0.29, 0.717) is 12.8 Å². The second kappa shape index (κ2) is 3.32. The maximum Gasteiger partial charge on any atom is 0.310 e. The van der Waals surface area contributed by atoms with E-state index >= 15 is 0 Å². The Morgan fingerprint density at radius 2 is 1.94 bits per heavy atom. The number of carbonyl (C=O) groups is 2. The van der Waals surface area contributed by atoms with Gasteiger partial charge in [-0.1, -0.05) is 30.3 Å². The van der Waals surface area contributed by atoms with Crippen LogP contribution in [0.25, 0.3) is 0 Å². The molecule has 1 saturated heterocycles. The van der Waals surface area contributed by atoms with Crippen molar-refractivity contribution in [1.29, 1.82) is 0 Å². The van der Waals surface area contributed by atoms with Gasteiger partial charge in [0.05, 0.1) is 17.4 Å². The molecule has 2 atom stereocenters. The average Bonchev–Trinajstić information content (AvgIpc) is 3.04. The van der Waals surface area contributed by atoms with Crippen molar-refractivity contribution in [1.82, 2.24) is 5.32 Å². The van der Waals surface area contributed by atoms with Gasteiger partial charge in [0.25, 0.3) is 0 Å². The number of nitrogens with one attached hydrogen (secondary N) is 1. The van der Waals surface area contributed by atoms with Crippen LogP contribution in [0.4, 0.5) is 0 Å². The van der Waals surface area contributed by atoms with Crippen molar-refractivity contribution >= 4 is 11.9 Å². The molecular weight excluding hydrogens is 218 g/mol. The van der Waals surface area contributed by atoms with E-state index in [1.165, 1.54) is 0 Å². The number of carbonyl (C=O) groups excluding carboxylic acids is 1. The van der Waals surface area contributed by atoms with Crippen LogP contribution in [0.5, 0.6) is 0 Å². The number of hydrogen-bond acceptors (Lipinski definition) is 2. The van der Waals surface area contributed by atoms with Crippen LogP contribution in [-0.2, 0) is 9.59 Å². The molecule has 3 rings (SSSR count). The highest BCUT2D eigenvalue weighted by Gasteiger charge is 2.65. The number of benzene rings is 1. The zero-order chi connectivity index (χ0) is 12.0. The van der Waals surface area contributed by atoms with Gasteiger partial charge >= 0.3 is 5.97 Å². The van der Waals surface area contributed by atoms with E-state index in [4.69, 9.17) is 0 Å². The van der Waals surface area contributed by atoms with Crippen molar-refractivity contribution in [3.63, 3.8) is 0 Å². The molecule has 1 aromatic rings. The molecular formula is C13H13NO3. The van der Waals surface area contributed by atoms with Crippen LogP contribution in [0.15, 0.2) is 30.3 Å². The van der Waals surface area contributed by atoms with Crippen LogP contribution in [0.3, 0.4) is 0 Å². The first-order chi connectivity index (χ1) is 8.15. The van der Waals surface area contributed by atoms with E-state index in [9.17, 15) is 14.7 Å². The zero-order valence-corrected chi connectivity index (χ0v) is 9.22. The number of hydrogen-bond donors (Lipinski definition) is 2. The lowest BCUT2D eigenvalue weighted by molar-refractivity contribution is -0.145. The first kappa shape index (κ1) is 10.3. The van der Waals surface area contributed by atoms with Crippen LogP contribution in [0.1, 0.15) is 24.4 Å². The van der Waals surface area contributed by atoms with Crippen molar-refractivity contribution in [2.24, 2.45) is 11.3 Å². The Kier molecular flexibility index (Phi) is 2.02. The van der Waals surface area contributed by atoms with Gasteiger partial charge in [0.15, 0.2) is 0 Å². The molecule has 4 heteroatoms. The molecule has 0 radical (unpaired) electrons. The maximum absolute atomic E-state index is 11.9. The first-order valence-corrected chi connectivity index (χ1v) is 5.74. The van der Waals surface area contributed by atoms with Crippen molar-refractivity contribution < 1.29 is 14.7 Å². The van der Waals surface area contributed by atoms with Gasteiger partial charge in [-0.25, -0.2) is 0 Å². The Balaban J connectivity index is 2.01. The zero-order valence-electron chi connectivity index (χ0n) is 9.22. The van der Waals surface area contributed by atoms with Gasteiger partial charge < -0.3 is 10.4 Å². The van der Waals surface area contributed by atoms with E-state index in [0.717, 1.165) is 5.56 Å². The molecule has 2 fully saturated rings. The molecule has 0 aromatic heterocycles. The summed E-state index contributed by atoms with van der Waals surface area (Å²) < 4.78 is 0. The van der Waals surface area contributed by atoms with E-state index in [1.807, 2.05) is 30.3 Å². The van der Waals surface area contributed by atoms with Crippen molar-refractivity contribution in [3.05, 3.63) is 35.9 Å². The second-order valence-corrected chi connectivity index (χ2v) is 4.83. The highest BCUT2D eigenvalue weighted by molar-refractivity contribution is 5.95. The van der Waals surface area contributed by atoms with Gasteiger partial charge in [0.1, 0.15) is 0 Å². The molecule has 1 aliphatic carbocycles. The molecule has 1 amide bonds. The lowest BCUT2D eigenvalue weighted by Crippen LogP contribution is -2.26. The van der Waals surface area contributed by atoms with Crippen LogP contribution < -0.4 is 5.32 Å². The minimum atomic E-state index is -0.880. The second-order valence-electron chi connectivity index (χ2n) is 4.83. The third kappa shape index (κ3) is 1.37. The number of carboxylic acids is 1. The minimum Gasteiger partial charge on any atom is -0.481 e. The Hall–Kier alpha value is -1.84. The average molecular weight is 231 g/mol. The molecule has 17 heavy (non-hydrogen) atoms. The lowest BCUT2D eigenvalue weighted by atomic mass is 9.84. The summed E-state index contributed by atoms with van der Waals surface area (Å²) in [6.07, 6.45) is 1.39. The Labute approximate surface area is 98.6 Å². The van der Waals surface area contributed by atoms with Gasteiger partial charge in [0.2, 0.25) is 5.91 Å². The van der Waals surface area contributed by atoms with Crippen LogP contribution in [0, 0.1) is 11.3 Å². The molecule has 0 unspecified atom stereocenters. The van der Waals surface area contributed by atoms with Gasteiger partial charge in [-0.15, -0.1) is 0 Å². The number of aliphatic carboxylic acids is 1. The highest BCUT2D eigenvalue weighted by Crippen LogP contribution is 2.59. The van der Waals surface area contributed by atoms with Crippen LogP contribution in [0.2, 0.25) is 0 Å². The predicted molar refractivity (Wildman–Crippen MR) is 60.1 cm³/mol. The van der Waals surface area contributed by atoms with Crippen molar-refractivity contribution in [2.45, 2.75) is 18.9 Å². The summed E-state index contributed by atoms with van der Waals surface area (Å²) in [5.41, 5.74) is 0.240. The summed E-state index contributed by atoms with van der Waals surface area (Å²) in [6.45, 7) is 0. The molecule has 1 heterocycles. The first-order valence-electron chi connectivity index (χ1n) is 5.74. The normalized spacial score (nSPS) is 29.1. The van der Waals surface area contributed by atoms with E-state index < -0.39 is 17.3 Å². The summed E-state index contributed by atoms with van der Waals surface area (Å²) in [6, 6.07) is 8.94. The summed E-state index contributed by atoms with van der Waals surface area (Å²) in [7, 11) is 0. The molecule has 1 saturated carbocycles. The summed E-state index contributed by atoms with van der Waals surface area (Å²) >= 11 is 0. The smallest absolute Gasteiger partial charge is 0.310 e. The monoisotopic (exact) mass is 231 g/mol.